The predicted octanol–water partition coefficient (Wildman–Crippen LogP) is 4.17. The number of fused-ring (bicyclic) bond motifs is 1. The minimum atomic E-state index is -1.21. The Kier molecular flexibility index (Phi) is 4.31. The highest BCUT2D eigenvalue weighted by molar-refractivity contribution is 7.12. The van der Waals surface area contributed by atoms with E-state index in [4.69, 9.17) is 0 Å². The van der Waals surface area contributed by atoms with Gasteiger partial charge in [0.2, 0.25) is 0 Å². The highest BCUT2D eigenvalue weighted by Gasteiger charge is 2.50. The van der Waals surface area contributed by atoms with E-state index in [1.54, 1.807) is 6.92 Å². The standard InChI is InChI=1S/C22H20N2O3S/c1-13-11-17(14(2)28-13)19(25)12-24-20(26)22(3,23-21(24)27)18-10-6-8-15-7-4-5-9-16(15)18/h4-11H,12H2,1-3H3,(H,23,27)/t22-/m0/s1. The third-order valence-electron chi connectivity index (χ3n) is 5.25. The van der Waals surface area contributed by atoms with Crippen LogP contribution in [0.25, 0.3) is 10.8 Å². The summed E-state index contributed by atoms with van der Waals surface area (Å²) in [6.45, 7) is 5.23. The number of aryl methyl sites for hydroxylation is 2. The van der Waals surface area contributed by atoms with Gasteiger partial charge in [-0.2, -0.15) is 0 Å². The molecule has 6 heteroatoms. The molecule has 1 aliphatic rings. The zero-order valence-electron chi connectivity index (χ0n) is 15.9. The molecule has 0 aliphatic carbocycles. The van der Waals surface area contributed by atoms with E-state index in [2.05, 4.69) is 5.32 Å². The van der Waals surface area contributed by atoms with Crippen LogP contribution in [-0.2, 0) is 10.3 Å². The van der Waals surface area contributed by atoms with Crippen molar-refractivity contribution < 1.29 is 14.4 Å². The van der Waals surface area contributed by atoms with Gasteiger partial charge in [0.05, 0.1) is 6.54 Å². The number of rotatable bonds is 4. The first-order chi connectivity index (χ1) is 13.3. The number of thiophene rings is 1. The van der Waals surface area contributed by atoms with Gasteiger partial charge in [-0.15, -0.1) is 11.3 Å². The molecule has 28 heavy (non-hydrogen) atoms. The van der Waals surface area contributed by atoms with Gasteiger partial charge in [0.1, 0.15) is 5.54 Å². The van der Waals surface area contributed by atoms with Crippen LogP contribution in [0.3, 0.4) is 0 Å². The third kappa shape index (κ3) is 2.81. The van der Waals surface area contributed by atoms with E-state index in [1.807, 2.05) is 62.4 Å². The lowest BCUT2D eigenvalue weighted by atomic mass is 9.88. The molecule has 0 saturated carbocycles. The highest BCUT2D eigenvalue weighted by atomic mass is 32.1. The molecule has 1 aliphatic heterocycles. The lowest BCUT2D eigenvalue weighted by Gasteiger charge is -2.24. The van der Waals surface area contributed by atoms with Crippen LogP contribution >= 0.6 is 11.3 Å². The molecule has 1 atom stereocenters. The van der Waals surface area contributed by atoms with Crippen LogP contribution in [0.1, 0.15) is 32.6 Å². The van der Waals surface area contributed by atoms with Crippen LogP contribution in [0, 0.1) is 13.8 Å². The van der Waals surface area contributed by atoms with E-state index in [9.17, 15) is 14.4 Å². The van der Waals surface area contributed by atoms with Gasteiger partial charge in [-0.25, -0.2) is 4.79 Å². The van der Waals surface area contributed by atoms with Crippen molar-refractivity contribution in [1.29, 1.82) is 0 Å². The summed E-state index contributed by atoms with van der Waals surface area (Å²) in [5.74, 6) is -0.640. The number of carbonyl (C=O) groups excluding carboxylic acids is 3. The Labute approximate surface area is 167 Å². The van der Waals surface area contributed by atoms with Crippen LogP contribution in [0.5, 0.6) is 0 Å². The molecule has 0 spiro atoms. The van der Waals surface area contributed by atoms with E-state index in [-0.39, 0.29) is 12.3 Å². The normalized spacial score (nSPS) is 19.3. The summed E-state index contributed by atoms with van der Waals surface area (Å²) < 4.78 is 0. The molecule has 3 aromatic rings. The number of benzene rings is 2. The number of Topliss-reactive ketones (excluding diaryl/α,β-unsaturated/α-hetero) is 1. The Balaban J connectivity index is 1.68. The molecule has 1 fully saturated rings. The number of carbonyl (C=O) groups is 3. The van der Waals surface area contributed by atoms with E-state index in [0.29, 0.717) is 5.56 Å². The number of urea groups is 1. The van der Waals surface area contributed by atoms with Crippen LogP contribution in [0.4, 0.5) is 4.79 Å². The van der Waals surface area contributed by atoms with Crippen LogP contribution in [-0.4, -0.2) is 29.2 Å². The van der Waals surface area contributed by atoms with Gasteiger partial charge < -0.3 is 5.32 Å². The van der Waals surface area contributed by atoms with Gasteiger partial charge in [-0.3, -0.25) is 14.5 Å². The van der Waals surface area contributed by atoms with Crippen molar-refractivity contribution in [1.82, 2.24) is 10.2 Å². The molecule has 2 heterocycles. The summed E-state index contributed by atoms with van der Waals surface area (Å²) in [5.41, 5.74) is 0.0843. The van der Waals surface area contributed by atoms with Crippen molar-refractivity contribution in [2.75, 3.05) is 6.54 Å². The number of imide groups is 1. The molecule has 1 N–H and O–H groups in total. The maximum absolute atomic E-state index is 13.2. The summed E-state index contributed by atoms with van der Waals surface area (Å²) in [5, 5.41) is 4.69. The predicted molar refractivity (Wildman–Crippen MR) is 110 cm³/mol. The number of hydrogen-bond acceptors (Lipinski definition) is 4. The number of nitrogens with one attached hydrogen (secondary N) is 1. The van der Waals surface area contributed by atoms with Crippen LogP contribution < -0.4 is 5.32 Å². The minimum Gasteiger partial charge on any atom is -0.319 e. The average molecular weight is 392 g/mol. The summed E-state index contributed by atoms with van der Waals surface area (Å²) in [6.07, 6.45) is 0. The topological polar surface area (TPSA) is 66.5 Å². The van der Waals surface area contributed by atoms with Crippen molar-refractivity contribution in [3.63, 3.8) is 0 Å². The molecule has 4 rings (SSSR count). The van der Waals surface area contributed by atoms with E-state index < -0.39 is 17.5 Å². The maximum Gasteiger partial charge on any atom is 0.325 e. The lowest BCUT2D eigenvalue weighted by Crippen LogP contribution is -2.41. The van der Waals surface area contributed by atoms with Crippen LogP contribution in [0.15, 0.2) is 48.5 Å². The van der Waals surface area contributed by atoms with Gasteiger partial charge in [0.25, 0.3) is 5.91 Å². The molecular weight excluding hydrogens is 372 g/mol. The Morgan fingerprint density at radius 2 is 1.82 bits per heavy atom. The van der Waals surface area contributed by atoms with Crippen molar-refractivity contribution in [2.45, 2.75) is 26.3 Å². The van der Waals surface area contributed by atoms with Crippen molar-refractivity contribution in [3.8, 4) is 0 Å². The van der Waals surface area contributed by atoms with Crippen molar-refractivity contribution in [2.24, 2.45) is 0 Å². The zero-order valence-corrected chi connectivity index (χ0v) is 16.7. The fourth-order valence-electron chi connectivity index (χ4n) is 3.82. The monoisotopic (exact) mass is 392 g/mol. The largest absolute Gasteiger partial charge is 0.325 e. The Bertz CT molecular complexity index is 1130. The second kappa shape index (κ2) is 6.56. The third-order valence-corrected chi connectivity index (χ3v) is 6.21. The fraction of sp³-hybridized carbons (Fsp3) is 0.227. The molecule has 0 radical (unpaired) electrons. The fourth-order valence-corrected chi connectivity index (χ4v) is 4.76. The molecular formula is C22H20N2O3S. The first-order valence-corrected chi connectivity index (χ1v) is 9.85. The van der Waals surface area contributed by atoms with Crippen LogP contribution in [0.2, 0.25) is 0 Å². The quantitative estimate of drug-likeness (QED) is 0.535. The van der Waals surface area contributed by atoms with Gasteiger partial charge in [0.15, 0.2) is 5.78 Å². The summed E-state index contributed by atoms with van der Waals surface area (Å²) >= 11 is 1.53. The van der Waals surface area contributed by atoms with E-state index in [0.717, 1.165) is 31.0 Å². The Morgan fingerprint density at radius 3 is 2.54 bits per heavy atom. The molecule has 142 valence electrons. The highest BCUT2D eigenvalue weighted by Crippen LogP contribution is 2.34. The van der Waals surface area contributed by atoms with Gasteiger partial charge in [-0.05, 0) is 43.2 Å². The second-order valence-electron chi connectivity index (χ2n) is 7.22. The second-order valence-corrected chi connectivity index (χ2v) is 8.68. The number of amides is 3. The zero-order chi connectivity index (χ0) is 20.1. The molecule has 1 aromatic heterocycles. The van der Waals surface area contributed by atoms with E-state index in [1.165, 1.54) is 11.3 Å². The maximum atomic E-state index is 13.2. The van der Waals surface area contributed by atoms with E-state index >= 15 is 0 Å². The van der Waals surface area contributed by atoms with Gasteiger partial charge in [0, 0.05) is 15.3 Å². The molecule has 1 saturated heterocycles. The summed E-state index contributed by atoms with van der Waals surface area (Å²) in [7, 11) is 0. The summed E-state index contributed by atoms with van der Waals surface area (Å²) in [4.78, 5) is 41.5. The average Bonchev–Trinajstić information content (AvgIpc) is 3.12. The number of ketones is 1. The van der Waals surface area contributed by atoms with Gasteiger partial charge >= 0.3 is 6.03 Å². The first-order valence-electron chi connectivity index (χ1n) is 9.04. The number of nitrogens with zero attached hydrogens (tertiary/aromatic N) is 1. The smallest absolute Gasteiger partial charge is 0.319 e. The lowest BCUT2D eigenvalue weighted by molar-refractivity contribution is -0.130. The Morgan fingerprint density at radius 1 is 1.11 bits per heavy atom. The molecule has 2 aromatic carbocycles. The summed E-state index contributed by atoms with van der Waals surface area (Å²) in [6, 6.07) is 14.7. The molecule has 0 unspecified atom stereocenters. The Hall–Kier alpha value is -2.99. The molecule has 3 amide bonds. The van der Waals surface area contributed by atoms with Gasteiger partial charge in [-0.1, -0.05) is 42.5 Å². The SMILES string of the molecule is Cc1cc(C(=O)CN2C(=O)N[C@@](C)(c3cccc4ccccc34)C2=O)c(C)s1. The molecule has 0 bridgehead atoms. The number of hydrogen-bond donors (Lipinski definition) is 1. The molecule has 5 nitrogen and oxygen atoms in total. The minimum absolute atomic E-state index is 0.229. The first kappa shape index (κ1) is 18.4. The van der Waals surface area contributed by atoms with Crippen molar-refractivity contribution in [3.05, 3.63) is 69.4 Å². The van der Waals surface area contributed by atoms with Crippen molar-refractivity contribution >= 4 is 39.8 Å².